The number of carbonyl (C=O) groups is 1. The molecule has 0 N–H and O–H groups in total. The molecule has 0 aliphatic carbocycles. The summed E-state index contributed by atoms with van der Waals surface area (Å²) >= 11 is 0. The molecule has 2 aromatic carbocycles. The summed E-state index contributed by atoms with van der Waals surface area (Å²) in [5.74, 6) is -0.797. The van der Waals surface area contributed by atoms with Gasteiger partial charge in [-0.25, -0.2) is 4.39 Å². The summed E-state index contributed by atoms with van der Waals surface area (Å²) in [6.45, 7) is 0.445. The second kappa shape index (κ2) is 5.64. The summed E-state index contributed by atoms with van der Waals surface area (Å²) in [4.78, 5) is 14.7. The Hall–Kier alpha value is -2.88. The van der Waals surface area contributed by atoms with Gasteiger partial charge in [-0.3, -0.25) is 4.79 Å². The Labute approximate surface area is 140 Å². The van der Waals surface area contributed by atoms with Gasteiger partial charge in [-0.05, 0) is 35.4 Å². The highest BCUT2D eigenvalue weighted by Crippen LogP contribution is 2.32. The largest absolute Gasteiger partial charge is 0.354 e. The molecule has 0 saturated carbocycles. The fourth-order valence-corrected chi connectivity index (χ4v) is 3.32. The number of halogens is 1. The number of benzene rings is 2. The van der Waals surface area contributed by atoms with E-state index in [4.69, 9.17) is 0 Å². The van der Waals surface area contributed by atoms with E-state index >= 15 is 0 Å². The predicted octanol–water partition coefficient (Wildman–Crippen LogP) is 3.92. The van der Waals surface area contributed by atoms with Crippen LogP contribution in [0.2, 0.25) is 0 Å². The standard InChI is InChI=1S/C20H17FN2O/c1-22-11-10-15-13-23(20(24)16-7-3-4-8-17(16)21)18-9-5-2-6-14(18)12-19(15)22/h2-11H,12-13H2,1H3. The van der Waals surface area contributed by atoms with Gasteiger partial charge in [0.05, 0.1) is 12.1 Å². The first-order valence-corrected chi connectivity index (χ1v) is 7.92. The maximum Gasteiger partial charge on any atom is 0.261 e. The van der Waals surface area contributed by atoms with Crippen LogP contribution in [-0.4, -0.2) is 10.5 Å². The molecule has 0 atom stereocenters. The number of fused-ring (bicyclic) bond motifs is 2. The number of para-hydroxylation sites is 1. The van der Waals surface area contributed by atoms with E-state index < -0.39 is 5.82 Å². The third kappa shape index (κ3) is 2.31. The third-order valence-electron chi connectivity index (χ3n) is 4.61. The molecule has 2 heterocycles. The molecule has 4 rings (SSSR count). The molecule has 0 radical (unpaired) electrons. The molecular weight excluding hydrogens is 303 g/mol. The van der Waals surface area contributed by atoms with E-state index in [2.05, 4.69) is 4.57 Å². The lowest BCUT2D eigenvalue weighted by atomic mass is 10.1. The predicted molar refractivity (Wildman–Crippen MR) is 91.6 cm³/mol. The summed E-state index contributed by atoms with van der Waals surface area (Å²) in [7, 11) is 2.01. The van der Waals surface area contributed by atoms with Crippen molar-refractivity contribution >= 4 is 11.6 Å². The molecule has 0 spiro atoms. The first-order valence-electron chi connectivity index (χ1n) is 7.92. The average Bonchev–Trinajstić information content (AvgIpc) is 2.84. The van der Waals surface area contributed by atoms with E-state index in [1.807, 2.05) is 43.6 Å². The van der Waals surface area contributed by atoms with Gasteiger partial charge in [0.1, 0.15) is 5.82 Å². The molecular formula is C20H17FN2O. The van der Waals surface area contributed by atoms with Crippen LogP contribution in [0.3, 0.4) is 0 Å². The molecule has 0 unspecified atom stereocenters. The second-order valence-corrected chi connectivity index (χ2v) is 6.08. The zero-order chi connectivity index (χ0) is 16.7. The van der Waals surface area contributed by atoms with Crippen LogP contribution in [0.1, 0.15) is 27.2 Å². The molecule has 1 amide bonds. The van der Waals surface area contributed by atoms with Crippen molar-refractivity contribution in [2.45, 2.75) is 13.0 Å². The number of anilines is 1. The van der Waals surface area contributed by atoms with Crippen LogP contribution in [0.5, 0.6) is 0 Å². The Kier molecular flexibility index (Phi) is 3.45. The molecule has 0 bridgehead atoms. The molecule has 1 aliphatic rings. The minimum Gasteiger partial charge on any atom is -0.354 e. The van der Waals surface area contributed by atoms with E-state index in [1.165, 1.54) is 17.8 Å². The van der Waals surface area contributed by atoms with Crippen LogP contribution < -0.4 is 4.90 Å². The molecule has 24 heavy (non-hydrogen) atoms. The van der Waals surface area contributed by atoms with Crippen LogP contribution in [0.4, 0.5) is 10.1 Å². The minimum absolute atomic E-state index is 0.103. The Morgan fingerprint density at radius 2 is 1.75 bits per heavy atom. The summed E-state index contributed by atoms with van der Waals surface area (Å²) in [6.07, 6.45) is 2.76. The van der Waals surface area contributed by atoms with Crippen LogP contribution in [0.25, 0.3) is 0 Å². The zero-order valence-corrected chi connectivity index (χ0v) is 13.4. The molecule has 3 aromatic rings. The Bertz CT molecular complexity index is 929. The van der Waals surface area contributed by atoms with Crippen molar-refractivity contribution in [1.29, 1.82) is 0 Å². The number of aryl methyl sites for hydroxylation is 1. The summed E-state index contributed by atoms with van der Waals surface area (Å²) in [6, 6.07) is 16.0. The summed E-state index contributed by atoms with van der Waals surface area (Å²) in [5.41, 5.74) is 4.31. The number of amides is 1. The van der Waals surface area contributed by atoms with Crippen LogP contribution >= 0.6 is 0 Å². The fourth-order valence-electron chi connectivity index (χ4n) is 3.32. The number of aromatic nitrogens is 1. The van der Waals surface area contributed by atoms with Crippen molar-refractivity contribution in [3.8, 4) is 0 Å². The van der Waals surface area contributed by atoms with Crippen molar-refractivity contribution in [1.82, 2.24) is 4.57 Å². The smallest absolute Gasteiger partial charge is 0.261 e. The number of hydrogen-bond donors (Lipinski definition) is 0. The lowest BCUT2D eigenvalue weighted by Gasteiger charge is -2.23. The quantitative estimate of drug-likeness (QED) is 0.667. The third-order valence-corrected chi connectivity index (χ3v) is 4.61. The SMILES string of the molecule is Cn1ccc2c1Cc1ccccc1N(C(=O)c1ccccc1F)C2. The highest BCUT2D eigenvalue weighted by atomic mass is 19.1. The van der Waals surface area contributed by atoms with E-state index in [0.29, 0.717) is 6.54 Å². The first-order chi connectivity index (χ1) is 11.6. The monoisotopic (exact) mass is 320 g/mol. The van der Waals surface area contributed by atoms with Gasteiger partial charge >= 0.3 is 0 Å². The van der Waals surface area contributed by atoms with E-state index in [-0.39, 0.29) is 11.5 Å². The van der Waals surface area contributed by atoms with Gasteiger partial charge in [0.15, 0.2) is 0 Å². The van der Waals surface area contributed by atoms with Gasteiger partial charge in [-0.1, -0.05) is 30.3 Å². The molecule has 1 aromatic heterocycles. The molecule has 4 heteroatoms. The molecule has 1 aliphatic heterocycles. The molecule has 0 fully saturated rings. The molecule has 120 valence electrons. The van der Waals surface area contributed by atoms with Crippen LogP contribution in [0.15, 0.2) is 60.8 Å². The maximum atomic E-state index is 14.1. The second-order valence-electron chi connectivity index (χ2n) is 6.08. The number of carbonyl (C=O) groups excluding carboxylic acids is 1. The van der Waals surface area contributed by atoms with E-state index in [9.17, 15) is 9.18 Å². The number of rotatable bonds is 1. The number of nitrogens with zero attached hydrogens (tertiary/aromatic N) is 2. The van der Waals surface area contributed by atoms with Gasteiger partial charge in [0, 0.05) is 31.0 Å². The lowest BCUT2D eigenvalue weighted by Crippen LogP contribution is -2.31. The fraction of sp³-hybridized carbons (Fsp3) is 0.150. The van der Waals surface area contributed by atoms with Gasteiger partial charge in [-0.15, -0.1) is 0 Å². The minimum atomic E-state index is -0.488. The van der Waals surface area contributed by atoms with Gasteiger partial charge < -0.3 is 9.47 Å². The highest BCUT2D eigenvalue weighted by molar-refractivity contribution is 6.06. The molecule has 0 saturated heterocycles. The summed E-state index contributed by atoms with van der Waals surface area (Å²) < 4.78 is 16.2. The van der Waals surface area contributed by atoms with Crippen molar-refractivity contribution in [3.05, 3.63) is 89.0 Å². The van der Waals surface area contributed by atoms with E-state index in [0.717, 1.165) is 23.2 Å². The maximum absolute atomic E-state index is 14.1. The van der Waals surface area contributed by atoms with Crippen molar-refractivity contribution in [3.63, 3.8) is 0 Å². The van der Waals surface area contributed by atoms with E-state index in [1.54, 1.807) is 17.0 Å². The van der Waals surface area contributed by atoms with Crippen LogP contribution in [-0.2, 0) is 20.0 Å². The topological polar surface area (TPSA) is 25.2 Å². The van der Waals surface area contributed by atoms with Crippen molar-refractivity contribution < 1.29 is 9.18 Å². The van der Waals surface area contributed by atoms with Crippen LogP contribution in [0, 0.1) is 5.82 Å². The Balaban J connectivity index is 1.85. The summed E-state index contributed by atoms with van der Waals surface area (Å²) in [5, 5.41) is 0. The average molecular weight is 320 g/mol. The lowest BCUT2D eigenvalue weighted by molar-refractivity contribution is 0.0981. The van der Waals surface area contributed by atoms with Gasteiger partial charge in [-0.2, -0.15) is 0 Å². The Morgan fingerprint density at radius 3 is 2.58 bits per heavy atom. The number of hydrogen-bond acceptors (Lipinski definition) is 1. The molecule has 3 nitrogen and oxygen atoms in total. The van der Waals surface area contributed by atoms with Crippen molar-refractivity contribution in [2.75, 3.05) is 4.90 Å². The normalized spacial score (nSPS) is 13.2. The van der Waals surface area contributed by atoms with Gasteiger partial charge in [0.2, 0.25) is 0 Å². The van der Waals surface area contributed by atoms with Gasteiger partial charge in [0.25, 0.3) is 5.91 Å². The Morgan fingerprint density at radius 1 is 1.00 bits per heavy atom. The highest BCUT2D eigenvalue weighted by Gasteiger charge is 2.27. The van der Waals surface area contributed by atoms with Crippen molar-refractivity contribution in [2.24, 2.45) is 7.05 Å². The first kappa shape index (κ1) is 14.7. The zero-order valence-electron chi connectivity index (χ0n) is 13.4.